The third-order valence-corrected chi connectivity index (χ3v) is 3.99. The SMILES string of the molecule is CC(C)CN(CCCNC1CCCCC1)C(C)C. The maximum Gasteiger partial charge on any atom is 0.00670 e. The predicted octanol–water partition coefficient (Wildman–Crippen LogP) is 3.67. The van der Waals surface area contributed by atoms with E-state index < -0.39 is 0 Å². The molecule has 108 valence electrons. The molecule has 1 aliphatic rings. The second-order valence-electron chi connectivity index (χ2n) is 6.63. The molecule has 1 fully saturated rings. The monoisotopic (exact) mass is 254 g/mol. The number of nitrogens with zero attached hydrogens (tertiary/aromatic N) is 1. The summed E-state index contributed by atoms with van der Waals surface area (Å²) in [7, 11) is 0. The van der Waals surface area contributed by atoms with Gasteiger partial charge in [-0.2, -0.15) is 0 Å². The lowest BCUT2D eigenvalue weighted by Gasteiger charge is -2.29. The molecule has 1 rings (SSSR count). The number of nitrogens with one attached hydrogen (secondary N) is 1. The average Bonchev–Trinajstić information content (AvgIpc) is 2.33. The summed E-state index contributed by atoms with van der Waals surface area (Å²) in [6, 6.07) is 1.50. The van der Waals surface area contributed by atoms with Gasteiger partial charge in [-0.3, -0.25) is 0 Å². The molecule has 1 N–H and O–H groups in total. The molecule has 0 aromatic rings. The summed E-state index contributed by atoms with van der Waals surface area (Å²) >= 11 is 0. The normalized spacial score (nSPS) is 18.2. The van der Waals surface area contributed by atoms with Gasteiger partial charge in [0, 0.05) is 18.6 Å². The van der Waals surface area contributed by atoms with Crippen LogP contribution in [0.3, 0.4) is 0 Å². The second-order valence-corrected chi connectivity index (χ2v) is 6.63. The van der Waals surface area contributed by atoms with Crippen molar-refractivity contribution >= 4 is 0 Å². The van der Waals surface area contributed by atoms with Gasteiger partial charge in [0.15, 0.2) is 0 Å². The van der Waals surface area contributed by atoms with E-state index in [1.807, 2.05) is 0 Å². The third-order valence-electron chi connectivity index (χ3n) is 3.99. The molecule has 0 spiro atoms. The van der Waals surface area contributed by atoms with Gasteiger partial charge in [0.25, 0.3) is 0 Å². The van der Waals surface area contributed by atoms with Crippen LogP contribution < -0.4 is 5.32 Å². The molecule has 1 saturated carbocycles. The molecule has 0 amide bonds. The van der Waals surface area contributed by atoms with Crippen LogP contribution in [0.1, 0.15) is 66.2 Å². The van der Waals surface area contributed by atoms with Gasteiger partial charge in [-0.1, -0.05) is 33.1 Å². The molecule has 2 nitrogen and oxygen atoms in total. The lowest BCUT2D eigenvalue weighted by Crippen LogP contribution is -2.37. The first-order valence-electron chi connectivity index (χ1n) is 8.07. The highest BCUT2D eigenvalue weighted by molar-refractivity contribution is 4.72. The van der Waals surface area contributed by atoms with Gasteiger partial charge < -0.3 is 10.2 Å². The molecule has 0 atom stereocenters. The summed E-state index contributed by atoms with van der Waals surface area (Å²) in [5.74, 6) is 0.777. The summed E-state index contributed by atoms with van der Waals surface area (Å²) in [6.07, 6.45) is 8.42. The van der Waals surface area contributed by atoms with Gasteiger partial charge in [0.1, 0.15) is 0 Å². The molecule has 0 aromatic heterocycles. The van der Waals surface area contributed by atoms with E-state index in [4.69, 9.17) is 0 Å². The number of rotatable bonds is 8. The van der Waals surface area contributed by atoms with Crippen molar-refractivity contribution in [2.45, 2.75) is 78.3 Å². The zero-order valence-corrected chi connectivity index (χ0v) is 13.0. The first-order valence-corrected chi connectivity index (χ1v) is 8.07. The van der Waals surface area contributed by atoms with E-state index in [0.717, 1.165) is 12.0 Å². The van der Waals surface area contributed by atoms with E-state index >= 15 is 0 Å². The Hall–Kier alpha value is -0.0800. The zero-order valence-electron chi connectivity index (χ0n) is 13.0. The lowest BCUT2D eigenvalue weighted by molar-refractivity contribution is 0.193. The summed E-state index contributed by atoms with van der Waals surface area (Å²) < 4.78 is 0. The highest BCUT2D eigenvalue weighted by Crippen LogP contribution is 2.17. The Labute approximate surface area is 115 Å². The Balaban J connectivity index is 2.10. The molecule has 0 saturated heterocycles. The first-order chi connectivity index (χ1) is 8.59. The van der Waals surface area contributed by atoms with Crippen molar-refractivity contribution in [1.29, 1.82) is 0 Å². The molecular weight excluding hydrogens is 220 g/mol. The van der Waals surface area contributed by atoms with Gasteiger partial charge in [0.2, 0.25) is 0 Å². The van der Waals surface area contributed by atoms with Crippen LogP contribution in [0.25, 0.3) is 0 Å². The van der Waals surface area contributed by atoms with Crippen LogP contribution in [-0.4, -0.2) is 36.6 Å². The van der Waals surface area contributed by atoms with E-state index in [-0.39, 0.29) is 0 Å². The summed E-state index contributed by atoms with van der Waals surface area (Å²) in [5.41, 5.74) is 0. The predicted molar refractivity (Wildman–Crippen MR) is 81.0 cm³/mol. The zero-order chi connectivity index (χ0) is 13.4. The molecule has 0 bridgehead atoms. The average molecular weight is 254 g/mol. The lowest BCUT2D eigenvalue weighted by atomic mass is 9.95. The highest BCUT2D eigenvalue weighted by Gasteiger charge is 2.13. The fraction of sp³-hybridized carbons (Fsp3) is 1.00. The van der Waals surface area contributed by atoms with E-state index in [0.29, 0.717) is 6.04 Å². The van der Waals surface area contributed by atoms with Crippen LogP contribution in [0.15, 0.2) is 0 Å². The topological polar surface area (TPSA) is 15.3 Å². The van der Waals surface area contributed by atoms with Crippen LogP contribution >= 0.6 is 0 Å². The van der Waals surface area contributed by atoms with Crippen molar-refractivity contribution < 1.29 is 0 Å². The highest BCUT2D eigenvalue weighted by atomic mass is 15.1. The van der Waals surface area contributed by atoms with E-state index in [2.05, 4.69) is 37.9 Å². The molecule has 0 unspecified atom stereocenters. The molecule has 1 aliphatic carbocycles. The maximum atomic E-state index is 3.74. The Morgan fingerprint density at radius 1 is 1.06 bits per heavy atom. The molecule has 0 aromatic carbocycles. The Kier molecular flexibility index (Phi) is 7.92. The van der Waals surface area contributed by atoms with Gasteiger partial charge in [-0.15, -0.1) is 0 Å². The Morgan fingerprint density at radius 3 is 2.28 bits per heavy atom. The van der Waals surface area contributed by atoms with E-state index in [1.165, 1.54) is 58.2 Å². The molecule has 18 heavy (non-hydrogen) atoms. The molecule has 2 heteroatoms. The quantitative estimate of drug-likeness (QED) is 0.665. The van der Waals surface area contributed by atoms with Crippen LogP contribution in [0, 0.1) is 5.92 Å². The fourth-order valence-electron chi connectivity index (χ4n) is 2.92. The van der Waals surface area contributed by atoms with Crippen molar-refractivity contribution in [1.82, 2.24) is 10.2 Å². The third kappa shape index (κ3) is 6.75. The van der Waals surface area contributed by atoms with E-state index in [1.54, 1.807) is 0 Å². The molecule has 0 radical (unpaired) electrons. The summed E-state index contributed by atoms with van der Waals surface area (Å²) in [6.45, 7) is 12.9. The van der Waals surface area contributed by atoms with Crippen molar-refractivity contribution in [2.24, 2.45) is 5.92 Å². The minimum atomic E-state index is 0.682. The van der Waals surface area contributed by atoms with Gasteiger partial charge >= 0.3 is 0 Å². The second kappa shape index (κ2) is 8.92. The molecule has 0 aliphatic heterocycles. The number of hydrogen-bond donors (Lipinski definition) is 1. The number of hydrogen-bond acceptors (Lipinski definition) is 2. The van der Waals surface area contributed by atoms with Crippen LogP contribution in [-0.2, 0) is 0 Å². The Bertz CT molecular complexity index is 195. The van der Waals surface area contributed by atoms with Gasteiger partial charge in [-0.05, 0) is 52.1 Å². The standard InChI is InChI=1S/C16H34N2/c1-14(2)13-18(15(3)4)12-8-11-17-16-9-6-5-7-10-16/h14-17H,5-13H2,1-4H3. The smallest absolute Gasteiger partial charge is 0.00670 e. The largest absolute Gasteiger partial charge is 0.314 e. The minimum Gasteiger partial charge on any atom is -0.314 e. The first kappa shape index (κ1) is 16.0. The molecule has 0 heterocycles. The maximum absolute atomic E-state index is 3.74. The van der Waals surface area contributed by atoms with Crippen LogP contribution in [0.4, 0.5) is 0 Å². The summed E-state index contributed by atoms with van der Waals surface area (Å²) in [4.78, 5) is 2.62. The van der Waals surface area contributed by atoms with Crippen molar-refractivity contribution in [2.75, 3.05) is 19.6 Å². The Morgan fingerprint density at radius 2 is 1.72 bits per heavy atom. The van der Waals surface area contributed by atoms with Crippen LogP contribution in [0.2, 0.25) is 0 Å². The van der Waals surface area contributed by atoms with Crippen molar-refractivity contribution in [3.63, 3.8) is 0 Å². The van der Waals surface area contributed by atoms with Crippen molar-refractivity contribution in [3.8, 4) is 0 Å². The van der Waals surface area contributed by atoms with E-state index in [9.17, 15) is 0 Å². The van der Waals surface area contributed by atoms with Crippen LogP contribution in [0.5, 0.6) is 0 Å². The van der Waals surface area contributed by atoms with Crippen molar-refractivity contribution in [3.05, 3.63) is 0 Å². The van der Waals surface area contributed by atoms with Gasteiger partial charge in [0.05, 0.1) is 0 Å². The molecular formula is C16H34N2. The van der Waals surface area contributed by atoms with Gasteiger partial charge in [-0.25, -0.2) is 0 Å². The fourth-order valence-corrected chi connectivity index (χ4v) is 2.92. The minimum absolute atomic E-state index is 0.682. The summed E-state index contributed by atoms with van der Waals surface area (Å²) in [5, 5.41) is 3.74.